The van der Waals surface area contributed by atoms with Gasteiger partial charge in [0, 0.05) is 64.3 Å². The molecule has 0 atom stereocenters. The van der Waals surface area contributed by atoms with E-state index in [1.807, 2.05) is 18.1 Å². The third kappa shape index (κ3) is 7.68. The number of carbonyl (C=O) groups is 3. The molecule has 0 bridgehead atoms. The zero-order valence-electron chi connectivity index (χ0n) is 23.6. The van der Waals surface area contributed by atoms with Crippen molar-refractivity contribution in [1.82, 2.24) is 29.5 Å². The Morgan fingerprint density at radius 3 is 2.42 bits per heavy atom. The minimum Gasteiger partial charge on any atom is -0.481 e. The van der Waals surface area contributed by atoms with Crippen molar-refractivity contribution in [2.75, 3.05) is 43.4 Å². The molecule has 1 saturated heterocycles. The number of rotatable bonds is 11. The molecule has 4 rings (SSSR count). The lowest BCUT2D eigenvalue weighted by molar-refractivity contribution is -0.137. The van der Waals surface area contributed by atoms with E-state index in [0.29, 0.717) is 55.0 Å². The smallest absolute Gasteiger partial charge is 0.343 e. The number of hydrogen-bond acceptors (Lipinski definition) is 10. The number of ether oxygens (including phenoxy) is 1. The van der Waals surface area contributed by atoms with Crippen molar-refractivity contribution in [1.29, 1.82) is 0 Å². The van der Waals surface area contributed by atoms with Crippen molar-refractivity contribution in [2.24, 2.45) is 7.05 Å². The van der Waals surface area contributed by atoms with E-state index in [1.165, 1.54) is 0 Å². The summed E-state index contributed by atoms with van der Waals surface area (Å²) in [7, 11) is 1.83. The topological polar surface area (TPSA) is 155 Å². The van der Waals surface area contributed by atoms with E-state index in [1.54, 1.807) is 24.7 Å². The van der Waals surface area contributed by atoms with Gasteiger partial charge < -0.3 is 25.4 Å². The van der Waals surface area contributed by atoms with Crippen LogP contribution in [0.4, 0.5) is 17.5 Å². The fraction of sp³-hybridized carbons (Fsp3) is 0.630. The van der Waals surface area contributed by atoms with Gasteiger partial charge in [-0.2, -0.15) is 10.1 Å². The average molecular weight is 557 g/mol. The second-order valence-corrected chi connectivity index (χ2v) is 10.4. The number of piperazine rings is 1. The summed E-state index contributed by atoms with van der Waals surface area (Å²) in [6, 6.07) is 0.601. The molecular formula is C27H40N8O5. The summed E-state index contributed by atoms with van der Waals surface area (Å²) in [5.41, 5.74) is 1.63. The minimum absolute atomic E-state index is 0.0289. The molecule has 2 fully saturated rings. The van der Waals surface area contributed by atoms with Crippen molar-refractivity contribution in [3.05, 3.63) is 23.7 Å². The van der Waals surface area contributed by atoms with Crippen LogP contribution in [-0.2, 0) is 21.4 Å². The Morgan fingerprint density at radius 1 is 1.07 bits per heavy atom. The third-order valence-corrected chi connectivity index (χ3v) is 7.53. The van der Waals surface area contributed by atoms with Gasteiger partial charge >= 0.3 is 11.9 Å². The average Bonchev–Trinajstić information content (AvgIpc) is 3.33. The molecule has 40 heavy (non-hydrogen) atoms. The van der Waals surface area contributed by atoms with Crippen molar-refractivity contribution >= 4 is 35.3 Å². The number of nitrogens with zero attached hydrogens (tertiary/aromatic N) is 6. The van der Waals surface area contributed by atoms with E-state index in [0.717, 1.165) is 44.5 Å². The minimum atomic E-state index is -0.864. The predicted octanol–water partition coefficient (Wildman–Crippen LogP) is 2.56. The lowest BCUT2D eigenvalue weighted by Gasteiger charge is -2.42. The molecule has 218 valence electrons. The lowest BCUT2D eigenvalue weighted by atomic mass is 9.89. The first kappa shape index (κ1) is 29.2. The van der Waals surface area contributed by atoms with E-state index in [-0.39, 0.29) is 25.0 Å². The molecule has 1 saturated carbocycles. The summed E-state index contributed by atoms with van der Waals surface area (Å²) in [5, 5.41) is 19.6. The molecule has 13 heteroatoms. The molecule has 1 aliphatic carbocycles. The number of aromatic nitrogens is 4. The summed E-state index contributed by atoms with van der Waals surface area (Å²) in [5.74, 6) is -0.416. The summed E-state index contributed by atoms with van der Waals surface area (Å²) in [4.78, 5) is 49.4. The maximum absolute atomic E-state index is 12.8. The quantitative estimate of drug-likeness (QED) is 0.350. The van der Waals surface area contributed by atoms with Gasteiger partial charge in [0.2, 0.25) is 11.9 Å². The highest BCUT2D eigenvalue weighted by atomic mass is 16.5. The first-order valence-electron chi connectivity index (χ1n) is 14.0. The number of carbonyl (C=O) groups excluding carboxylic acids is 2. The van der Waals surface area contributed by atoms with Gasteiger partial charge in [0.25, 0.3) is 0 Å². The van der Waals surface area contributed by atoms with Crippen LogP contribution < -0.4 is 10.6 Å². The standard InChI is InChI=1S/C27H40N8O5/c1-4-40-26(39)24-18(2)29-27(31-20-16-28-33(3)17-20)32-25(24)30-19-8-10-21(11-9-19)34-12-14-35(15-13-34)22(36)6-5-7-23(37)38/h16-17,19,21H,4-15H2,1-3H3,(H,37,38)(H2,29,30,31,32). The lowest BCUT2D eigenvalue weighted by Crippen LogP contribution is -2.53. The Labute approximate surface area is 234 Å². The highest BCUT2D eigenvalue weighted by molar-refractivity contribution is 5.96. The monoisotopic (exact) mass is 556 g/mol. The van der Waals surface area contributed by atoms with E-state index in [4.69, 9.17) is 9.84 Å². The van der Waals surface area contributed by atoms with Crippen molar-refractivity contribution in [3.63, 3.8) is 0 Å². The molecule has 2 aromatic heterocycles. The van der Waals surface area contributed by atoms with Gasteiger partial charge in [-0.1, -0.05) is 0 Å². The first-order valence-corrected chi connectivity index (χ1v) is 14.0. The van der Waals surface area contributed by atoms with Crippen molar-refractivity contribution in [3.8, 4) is 0 Å². The van der Waals surface area contributed by atoms with E-state index in [9.17, 15) is 14.4 Å². The number of carboxylic acids is 1. The van der Waals surface area contributed by atoms with Gasteiger partial charge in [0.05, 0.1) is 24.2 Å². The summed E-state index contributed by atoms with van der Waals surface area (Å²) < 4.78 is 6.98. The number of aryl methyl sites for hydroxylation is 2. The summed E-state index contributed by atoms with van der Waals surface area (Å²) in [6.07, 6.45) is 8.07. The zero-order valence-corrected chi connectivity index (χ0v) is 23.6. The van der Waals surface area contributed by atoms with Crippen LogP contribution in [0.5, 0.6) is 0 Å². The normalized spacial score (nSPS) is 19.7. The molecule has 0 radical (unpaired) electrons. The molecule has 1 aliphatic heterocycles. The van der Waals surface area contributed by atoms with Crippen molar-refractivity contribution in [2.45, 2.75) is 70.9 Å². The van der Waals surface area contributed by atoms with Crippen molar-refractivity contribution < 1.29 is 24.2 Å². The molecule has 0 spiro atoms. The number of esters is 1. The third-order valence-electron chi connectivity index (χ3n) is 7.53. The van der Waals surface area contributed by atoms with Crippen LogP contribution >= 0.6 is 0 Å². The Kier molecular flexibility index (Phi) is 9.91. The molecule has 13 nitrogen and oxygen atoms in total. The fourth-order valence-corrected chi connectivity index (χ4v) is 5.46. The van der Waals surface area contributed by atoms with Crippen LogP contribution in [0.3, 0.4) is 0 Å². The predicted molar refractivity (Wildman–Crippen MR) is 149 cm³/mol. The number of amides is 1. The summed E-state index contributed by atoms with van der Waals surface area (Å²) >= 11 is 0. The number of carboxylic acid groups (broad SMARTS) is 1. The number of hydrogen-bond donors (Lipinski definition) is 3. The Morgan fingerprint density at radius 2 is 1.80 bits per heavy atom. The van der Waals surface area contributed by atoms with E-state index in [2.05, 4.69) is 30.6 Å². The van der Waals surface area contributed by atoms with Gasteiger partial charge in [-0.05, 0) is 46.0 Å². The number of aliphatic carboxylic acids is 1. The second-order valence-electron chi connectivity index (χ2n) is 10.4. The molecular weight excluding hydrogens is 516 g/mol. The largest absolute Gasteiger partial charge is 0.481 e. The van der Waals surface area contributed by atoms with Gasteiger partial charge in [0.15, 0.2) is 0 Å². The first-order chi connectivity index (χ1) is 19.2. The Bertz CT molecular complexity index is 1190. The molecule has 2 aliphatic rings. The van der Waals surface area contributed by atoms with Gasteiger partial charge in [-0.3, -0.25) is 19.2 Å². The molecule has 3 N–H and O–H groups in total. The fourth-order valence-electron chi connectivity index (χ4n) is 5.46. The van der Waals surface area contributed by atoms with Crippen LogP contribution in [0, 0.1) is 6.92 Å². The highest BCUT2D eigenvalue weighted by Crippen LogP contribution is 2.29. The van der Waals surface area contributed by atoms with Gasteiger partial charge in [-0.25, -0.2) is 9.78 Å². The molecule has 0 aromatic carbocycles. The summed E-state index contributed by atoms with van der Waals surface area (Å²) in [6.45, 7) is 6.83. The number of nitrogens with one attached hydrogen (secondary N) is 2. The molecule has 3 heterocycles. The van der Waals surface area contributed by atoms with E-state index < -0.39 is 11.9 Å². The van der Waals surface area contributed by atoms with Gasteiger partial charge in [-0.15, -0.1) is 0 Å². The molecule has 2 aromatic rings. The number of anilines is 3. The SMILES string of the molecule is CCOC(=O)c1c(C)nc(Nc2cnn(C)c2)nc1NC1CCC(N2CCN(C(=O)CCCC(=O)O)CC2)CC1. The maximum atomic E-state index is 12.8. The molecule has 0 unspecified atom stereocenters. The Balaban J connectivity index is 1.33. The zero-order chi connectivity index (χ0) is 28.6. The maximum Gasteiger partial charge on any atom is 0.343 e. The van der Waals surface area contributed by atoms with Crippen LogP contribution in [0.25, 0.3) is 0 Å². The van der Waals surface area contributed by atoms with Crippen LogP contribution in [-0.4, -0.2) is 97.4 Å². The second kappa shape index (κ2) is 13.6. The molecule has 1 amide bonds. The highest BCUT2D eigenvalue weighted by Gasteiger charge is 2.31. The van der Waals surface area contributed by atoms with Crippen LogP contribution in [0.15, 0.2) is 12.4 Å². The Hall–Kier alpha value is -3.74. The van der Waals surface area contributed by atoms with Crippen LogP contribution in [0.1, 0.15) is 67.9 Å². The van der Waals surface area contributed by atoms with E-state index >= 15 is 0 Å². The van der Waals surface area contributed by atoms with Gasteiger partial charge in [0.1, 0.15) is 11.4 Å². The van der Waals surface area contributed by atoms with Crippen LogP contribution in [0.2, 0.25) is 0 Å².